The van der Waals surface area contributed by atoms with Crippen molar-refractivity contribution < 1.29 is 14.6 Å². The number of aromatic nitrogens is 3. The summed E-state index contributed by atoms with van der Waals surface area (Å²) in [5.41, 5.74) is 3.23. The molecule has 0 saturated heterocycles. The van der Waals surface area contributed by atoms with E-state index >= 15 is 0 Å². The van der Waals surface area contributed by atoms with Crippen LogP contribution in [0.5, 0.6) is 5.75 Å². The number of nitrogens with zero attached hydrogens (tertiary/aromatic N) is 3. The summed E-state index contributed by atoms with van der Waals surface area (Å²) >= 11 is 0. The lowest BCUT2D eigenvalue weighted by Crippen LogP contribution is -2.41. The largest absolute Gasteiger partial charge is 0.488 e. The van der Waals surface area contributed by atoms with Crippen LogP contribution in [0.4, 0.5) is 5.82 Å². The molecule has 2 saturated carbocycles. The van der Waals surface area contributed by atoms with Crippen molar-refractivity contribution in [3.63, 3.8) is 0 Å². The molecule has 0 bridgehead atoms. The molecule has 3 heterocycles. The molecule has 0 spiro atoms. The molecule has 0 unspecified atom stereocenters. The molecule has 0 aromatic carbocycles. The van der Waals surface area contributed by atoms with E-state index in [4.69, 9.17) is 4.74 Å². The second-order valence-electron chi connectivity index (χ2n) is 9.98. The van der Waals surface area contributed by atoms with Gasteiger partial charge in [-0.15, -0.1) is 0 Å². The Balaban J connectivity index is 1.37. The number of amides is 1. The molecule has 0 atom stereocenters. The molecule has 3 aromatic rings. The number of aryl methyl sites for hydroxylation is 1. The lowest BCUT2D eigenvalue weighted by molar-refractivity contribution is -0.117. The van der Waals surface area contributed by atoms with Crippen LogP contribution in [0.15, 0.2) is 36.7 Å². The number of anilines is 1. The van der Waals surface area contributed by atoms with E-state index in [2.05, 4.69) is 35.3 Å². The summed E-state index contributed by atoms with van der Waals surface area (Å²) in [5.74, 6) is 1.77. The van der Waals surface area contributed by atoms with Gasteiger partial charge >= 0.3 is 0 Å². The fraction of sp³-hybridized carbons (Fsp3) is 0.500. The van der Waals surface area contributed by atoms with E-state index < -0.39 is 5.60 Å². The summed E-state index contributed by atoms with van der Waals surface area (Å²) in [6.07, 6.45) is 8.85. The van der Waals surface area contributed by atoms with Crippen molar-refractivity contribution in [3.8, 4) is 16.9 Å². The summed E-state index contributed by atoms with van der Waals surface area (Å²) in [5, 5.41) is 18.2. The summed E-state index contributed by atoms with van der Waals surface area (Å²) in [6.45, 7) is 6.14. The fourth-order valence-electron chi connectivity index (χ4n) is 4.63. The van der Waals surface area contributed by atoms with E-state index in [0.29, 0.717) is 5.82 Å². The maximum atomic E-state index is 12.1. The first-order valence-electron chi connectivity index (χ1n) is 12.0. The Morgan fingerprint density at radius 3 is 2.67 bits per heavy atom. The zero-order valence-corrected chi connectivity index (χ0v) is 19.5. The predicted molar refractivity (Wildman–Crippen MR) is 127 cm³/mol. The number of hydrogen-bond donors (Lipinski definition) is 2. The van der Waals surface area contributed by atoms with Crippen LogP contribution in [0.3, 0.4) is 0 Å². The van der Waals surface area contributed by atoms with Gasteiger partial charge < -0.3 is 15.2 Å². The second kappa shape index (κ2) is 8.45. The molecule has 2 fully saturated rings. The Labute approximate surface area is 194 Å². The van der Waals surface area contributed by atoms with Crippen LogP contribution in [-0.4, -0.2) is 37.3 Å². The number of ether oxygens (including phenoxy) is 1. The lowest BCUT2D eigenvalue weighted by atomic mass is 9.76. The Morgan fingerprint density at radius 1 is 1.21 bits per heavy atom. The lowest BCUT2D eigenvalue weighted by Gasteiger charge is -2.39. The van der Waals surface area contributed by atoms with Gasteiger partial charge in [-0.1, -0.05) is 13.8 Å². The Kier molecular flexibility index (Phi) is 5.60. The second-order valence-corrected chi connectivity index (χ2v) is 9.98. The zero-order chi connectivity index (χ0) is 23.2. The number of carbonyl (C=O) groups excluding carboxylic acids is 1. The van der Waals surface area contributed by atoms with E-state index in [9.17, 15) is 9.90 Å². The predicted octanol–water partition coefficient (Wildman–Crippen LogP) is 4.76. The number of rotatable bonds is 6. The van der Waals surface area contributed by atoms with Crippen molar-refractivity contribution in [3.05, 3.63) is 42.4 Å². The van der Waals surface area contributed by atoms with Crippen molar-refractivity contribution in [2.24, 2.45) is 11.8 Å². The van der Waals surface area contributed by atoms with Crippen molar-refractivity contribution in [1.29, 1.82) is 0 Å². The minimum Gasteiger partial charge on any atom is -0.488 e. The normalized spacial score (nSPS) is 23.1. The van der Waals surface area contributed by atoms with Gasteiger partial charge in [-0.05, 0) is 75.1 Å². The first kappa shape index (κ1) is 21.9. The molecule has 174 valence electrons. The van der Waals surface area contributed by atoms with Crippen molar-refractivity contribution in [2.75, 3.05) is 5.32 Å². The minimum absolute atomic E-state index is 0.0518. The van der Waals surface area contributed by atoms with Gasteiger partial charge in [0.1, 0.15) is 5.75 Å². The summed E-state index contributed by atoms with van der Waals surface area (Å²) in [6, 6.07) is 8.00. The van der Waals surface area contributed by atoms with Gasteiger partial charge in [0.2, 0.25) is 5.91 Å². The van der Waals surface area contributed by atoms with Crippen molar-refractivity contribution >= 4 is 17.2 Å². The van der Waals surface area contributed by atoms with E-state index in [1.807, 2.05) is 31.3 Å². The summed E-state index contributed by atoms with van der Waals surface area (Å²) in [7, 11) is 0. The first-order valence-corrected chi connectivity index (χ1v) is 12.0. The quantitative estimate of drug-likeness (QED) is 0.567. The van der Waals surface area contributed by atoms with Gasteiger partial charge in [-0.2, -0.15) is 5.10 Å². The van der Waals surface area contributed by atoms with Crippen LogP contribution in [0, 0.1) is 18.8 Å². The number of nitrogens with one attached hydrogen (secondary N) is 1. The van der Waals surface area contributed by atoms with E-state index in [0.717, 1.165) is 66.6 Å². The van der Waals surface area contributed by atoms with Gasteiger partial charge in [-0.25, -0.2) is 4.52 Å². The minimum atomic E-state index is -0.589. The standard InChI is InChI=1S/C26H32N4O3/c1-16(2)26(32)9-6-21(7-10-26)33-23-15-27-17(3)12-22(23)19-8-11-30-20(13-19)14-24(29-30)28-25(31)18-4-5-18/h8,11-16,18,21,32H,4-7,9-10H2,1-3H3,(H,28,29,31). The maximum Gasteiger partial charge on any atom is 0.228 e. The Hall–Kier alpha value is -2.93. The molecule has 0 radical (unpaired) electrons. The number of carbonyl (C=O) groups is 1. The fourth-order valence-corrected chi connectivity index (χ4v) is 4.63. The van der Waals surface area contributed by atoms with E-state index in [-0.39, 0.29) is 23.8 Å². The molecule has 5 rings (SSSR count). The highest BCUT2D eigenvalue weighted by atomic mass is 16.5. The SMILES string of the molecule is Cc1cc(-c2ccn3nc(NC(=O)C4CC4)cc3c2)c(OC2CCC(O)(C(C)C)CC2)cn1. The highest BCUT2D eigenvalue weighted by Crippen LogP contribution is 2.38. The molecule has 2 aliphatic carbocycles. The van der Waals surface area contributed by atoms with Gasteiger partial charge in [-0.3, -0.25) is 9.78 Å². The highest BCUT2D eigenvalue weighted by Gasteiger charge is 2.36. The maximum absolute atomic E-state index is 12.1. The number of fused-ring (bicyclic) bond motifs is 1. The van der Waals surface area contributed by atoms with Gasteiger partial charge in [0.25, 0.3) is 0 Å². The molecule has 1 amide bonds. The van der Waals surface area contributed by atoms with Crippen LogP contribution in [0.25, 0.3) is 16.6 Å². The average Bonchev–Trinajstić information content (AvgIpc) is 3.56. The van der Waals surface area contributed by atoms with Crippen LogP contribution in [-0.2, 0) is 4.79 Å². The number of pyridine rings is 2. The van der Waals surface area contributed by atoms with Gasteiger partial charge in [0.05, 0.1) is 23.4 Å². The van der Waals surface area contributed by atoms with Crippen molar-refractivity contribution in [2.45, 2.75) is 71.0 Å². The molecule has 7 nitrogen and oxygen atoms in total. The van der Waals surface area contributed by atoms with Crippen LogP contribution < -0.4 is 10.1 Å². The van der Waals surface area contributed by atoms with E-state index in [1.165, 1.54) is 0 Å². The molecule has 2 N–H and O–H groups in total. The highest BCUT2D eigenvalue weighted by molar-refractivity contribution is 5.93. The van der Waals surface area contributed by atoms with Crippen LogP contribution in [0.1, 0.15) is 58.1 Å². The summed E-state index contributed by atoms with van der Waals surface area (Å²) < 4.78 is 8.19. The molecule has 33 heavy (non-hydrogen) atoms. The molecule has 3 aromatic heterocycles. The summed E-state index contributed by atoms with van der Waals surface area (Å²) in [4.78, 5) is 16.6. The monoisotopic (exact) mass is 448 g/mol. The molecular formula is C26H32N4O3. The average molecular weight is 449 g/mol. The van der Waals surface area contributed by atoms with Crippen molar-refractivity contribution in [1.82, 2.24) is 14.6 Å². The van der Waals surface area contributed by atoms with Gasteiger partial charge in [0, 0.05) is 29.4 Å². The topological polar surface area (TPSA) is 88.8 Å². The molecule has 0 aliphatic heterocycles. The third kappa shape index (κ3) is 4.60. The van der Waals surface area contributed by atoms with E-state index in [1.54, 1.807) is 10.7 Å². The third-order valence-electron chi connectivity index (χ3n) is 7.14. The molecular weight excluding hydrogens is 416 g/mol. The Bertz CT molecular complexity index is 1170. The van der Waals surface area contributed by atoms with Crippen LogP contribution >= 0.6 is 0 Å². The number of aliphatic hydroxyl groups is 1. The smallest absolute Gasteiger partial charge is 0.228 e. The van der Waals surface area contributed by atoms with Gasteiger partial charge in [0.15, 0.2) is 5.82 Å². The number of hydrogen-bond acceptors (Lipinski definition) is 5. The van der Waals surface area contributed by atoms with Crippen LogP contribution in [0.2, 0.25) is 0 Å². The molecule has 2 aliphatic rings. The zero-order valence-electron chi connectivity index (χ0n) is 19.5. The Morgan fingerprint density at radius 2 is 1.97 bits per heavy atom. The molecule has 7 heteroatoms. The third-order valence-corrected chi connectivity index (χ3v) is 7.14. The first-order chi connectivity index (χ1) is 15.8.